The van der Waals surface area contributed by atoms with Crippen LogP contribution < -0.4 is 0 Å². The van der Waals surface area contributed by atoms with Gasteiger partial charge in [0.2, 0.25) is 0 Å². The third-order valence-corrected chi connectivity index (χ3v) is 3.69. The lowest BCUT2D eigenvalue weighted by molar-refractivity contribution is -0.137. The predicted molar refractivity (Wildman–Crippen MR) is 106 cm³/mol. The number of carboxylic acid groups (broad SMARTS) is 1. The number of hydrogen-bond donors (Lipinski definition) is 2. The second kappa shape index (κ2) is 13.9. The molecular formula is C22H29NO3. The number of aromatic nitrogens is 1. The maximum Gasteiger partial charge on any atom is 0.303 e. The lowest BCUT2D eigenvalue weighted by Gasteiger charge is -1.98. The Morgan fingerprint density at radius 3 is 2.77 bits per heavy atom. The van der Waals surface area contributed by atoms with E-state index >= 15 is 0 Å². The Balaban J connectivity index is 2.44. The lowest BCUT2D eigenvalue weighted by Crippen LogP contribution is -2.00. The van der Waals surface area contributed by atoms with Gasteiger partial charge in [0.05, 0.1) is 5.69 Å². The molecule has 4 heteroatoms. The number of aliphatic hydroxyl groups excluding tert-OH is 1. The van der Waals surface area contributed by atoms with E-state index in [9.17, 15) is 9.90 Å². The summed E-state index contributed by atoms with van der Waals surface area (Å²) < 4.78 is 0. The number of aliphatic hydroxyl groups is 1. The molecular weight excluding hydrogens is 326 g/mol. The largest absolute Gasteiger partial charge is 0.481 e. The van der Waals surface area contributed by atoms with Gasteiger partial charge in [0.1, 0.15) is 11.8 Å². The van der Waals surface area contributed by atoms with Gasteiger partial charge in [0.15, 0.2) is 0 Å². The van der Waals surface area contributed by atoms with Crippen molar-refractivity contribution in [1.82, 2.24) is 4.98 Å². The molecule has 0 bridgehead atoms. The van der Waals surface area contributed by atoms with Gasteiger partial charge in [0.25, 0.3) is 0 Å². The van der Waals surface area contributed by atoms with Crippen LogP contribution in [-0.4, -0.2) is 27.3 Å². The van der Waals surface area contributed by atoms with Gasteiger partial charge in [-0.25, -0.2) is 4.98 Å². The van der Waals surface area contributed by atoms with Crippen LogP contribution in [0.5, 0.6) is 0 Å². The summed E-state index contributed by atoms with van der Waals surface area (Å²) in [5.41, 5.74) is 1.39. The van der Waals surface area contributed by atoms with Crippen molar-refractivity contribution in [3.63, 3.8) is 0 Å². The van der Waals surface area contributed by atoms with E-state index in [-0.39, 0.29) is 6.42 Å². The Hall–Kier alpha value is -2.38. The molecule has 140 valence electrons. The topological polar surface area (TPSA) is 70.4 Å². The van der Waals surface area contributed by atoms with Crippen molar-refractivity contribution >= 4 is 12.0 Å². The maximum absolute atomic E-state index is 10.5. The summed E-state index contributed by atoms with van der Waals surface area (Å²) in [6, 6.07) is 5.55. The Labute approximate surface area is 156 Å². The minimum absolute atomic E-state index is 0.175. The normalized spacial score (nSPS) is 12.2. The van der Waals surface area contributed by atoms with Crippen molar-refractivity contribution in [3.8, 4) is 11.8 Å². The molecule has 0 aliphatic carbocycles. The first-order valence-electron chi connectivity index (χ1n) is 9.31. The number of aliphatic carboxylic acids is 1. The Kier molecular flexibility index (Phi) is 11.5. The van der Waals surface area contributed by atoms with E-state index in [0.29, 0.717) is 25.0 Å². The smallest absolute Gasteiger partial charge is 0.303 e. The standard InChI is InChI=1S/C22H29NO3/c1-2-3-4-5-6-9-15-21(24)18-17-20-14-11-13-19(23-20)12-8-7-10-16-22(25)26/h6,8-9,11-14,21,24H,2-5,7,10,15-16H2,1H3,(H,25,26)/t21-/m1/s1. The number of carboxylic acids is 1. The van der Waals surface area contributed by atoms with Crippen LogP contribution in [-0.2, 0) is 4.79 Å². The molecule has 1 heterocycles. The van der Waals surface area contributed by atoms with Gasteiger partial charge in [-0.3, -0.25) is 4.79 Å². The summed E-state index contributed by atoms with van der Waals surface area (Å²) >= 11 is 0. The van der Waals surface area contributed by atoms with Gasteiger partial charge in [-0.1, -0.05) is 50.0 Å². The van der Waals surface area contributed by atoms with Crippen molar-refractivity contribution in [1.29, 1.82) is 0 Å². The SMILES string of the molecule is CCCCCC=CC[C@@H](O)C#Cc1cccc(C=CCCCC(=O)O)n1. The monoisotopic (exact) mass is 355 g/mol. The molecule has 0 amide bonds. The molecule has 2 N–H and O–H groups in total. The van der Waals surface area contributed by atoms with Crippen LogP contribution in [0.2, 0.25) is 0 Å². The number of rotatable bonds is 11. The van der Waals surface area contributed by atoms with Crippen molar-refractivity contribution < 1.29 is 15.0 Å². The highest BCUT2D eigenvalue weighted by Gasteiger charge is 1.97. The van der Waals surface area contributed by atoms with Crippen LogP contribution in [0.25, 0.3) is 6.08 Å². The zero-order valence-corrected chi connectivity index (χ0v) is 15.5. The molecule has 0 saturated heterocycles. The predicted octanol–water partition coefficient (Wildman–Crippen LogP) is 4.59. The summed E-state index contributed by atoms with van der Waals surface area (Å²) in [6.45, 7) is 2.18. The summed E-state index contributed by atoms with van der Waals surface area (Å²) in [6.07, 6.45) is 13.9. The number of hydrogen-bond acceptors (Lipinski definition) is 3. The van der Waals surface area contributed by atoms with Crippen LogP contribution in [0, 0.1) is 11.8 Å². The van der Waals surface area contributed by atoms with Crippen molar-refractivity contribution in [2.24, 2.45) is 0 Å². The average Bonchev–Trinajstić information content (AvgIpc) is 2.63. The van der Waals surface area contributed by atoms with Gasteiger partial charge < -0.3 is 10.2 Å². The van der Waals surface area contributed by atoms with Crippen molar-refractivity contribution in [2.75, 3.05) is 0 Å². The first-order valence-corrected chi connectivity index (χ1v) is 9.31. The summed E-state index contributed by atoms with van der Waals surface area (Å²) in [5.74, 6) is 4.95. The molecule has 0 unspecified atom stereocenters. The highest BCUT2D eigenvalue weighted by Crippen LogP contribution is 2.05. The van der Waals surface area contributed by atoms with Crippen LogP contribution in [0.3, 0.4) is 0 Å². The Bertz CT molecular complexity index is 653. The van der Waals surface area contributed by atoms with E-state index in [0.717, 1.165) is 12.1 Å². The van der Waals surface area contributed by atoms with Crippen LogP contribution in [0.15, 0.2) is 36.4 Å². The van der Waals surface area contributed by atoms with Crippen LogP contribution in [0.1, 0.15) is 69.7 Å². The number of pyridine rings is 1. The Morgan fingerprint density at radius 2 is 2.00 bits per heavy atom. The third kappa shape index (κ3) is 11.2. The molecule has 0 saturated carbocycles. The van der Waals surface area contributed by atoms with Gasteiger partial charge in [-0.05, 0) is 49.8 Å². The molecule has 26 heavy (non-hydrogen) atoms. The fourth-order valence-electron chi connectivity index (χ4n) is 2.26. The Morgan fingerprint density at radius 1 is 1.19 bits per heavy atom. The van der Waals surface area contributed by atoms with E-state index in [2.05, 4.69) is 29.8 Å². The zero-order valence-electron chi connectivity index (χ0n) is 15.5. The van der Waals surface area contributed by atoms with Gasteiger partial charge in [-0.15, -0.1) is 0 Å². The van der Waals surface area contributed by atoms with Crippen molar-refractivity contribution in [2.45, 2.75) is 64.4 Å². The molecule has 1 atom stereocenters. The molecule has 1 aromatic heterocycles. The maximum atomic E-state index is 10.5. The van der Waals surface area contributed by atoms with Crippen LogP contribution in [0.4, 0.5) is 0 Å². The van der Waals surface area contributed by atoms with E-state index in [4.69, 9.17) is 5.11 Å². The van der Waals surface area contributed by atoms with Crippen LogP contribution >= 0.6 is 0 Å². The quantitative estimate of drug-likeness (QED) is 0.346. The van der Waals surface area contributed by atoms with E-state index in [1.807, 2.05) is 36.4 Å². The first-order chi connectivity index (χ1) is 12.6. The molecule has 0 aromatic carbocycles. The van der Waals surface area contributed by atoms with Gasteiger partial charge >= 0.3 is 5.97 Å². The molecule has 0 radical (unpaired) electrons. The lowest BCUT2D eigenvalue weighted by atomic mass is 10.1. The molecule has 4 nitrogen and oxygen atoms in total. The number of unbranched alkanes of at least 4 members (excludes halogenated alkanes) is 4. The van der Waals surface area contributed by atoms with Gasteiger partial charge in [-0.2, -0.15) is 0 Å². The number of allylic oxidation sites excluding steroid dienone is 2. The second-order valence-electron chi connectivity index (χ2n) is 6.12. The summed E-state index contributed by atoms with van der Waals surface area (Å²) in [4.78, 5) is 14.9. The molecule has 1 aromatic rings. The van der Waals surface area contributed by atoms with Crippen molar-refractivity contribution in [3.05, 3.63) is 47.8 Å². The number of nitrogens with zero attached hydrogens (tertiary/aromatic N) is 1. The summed E-state index contributed by atoms with van der Waals surface area (Å²) in [7, 11) is 0. The summed E-state index contributed by atoms with van der Waals surface area (Å²) in [5, 5.41) is 18.5. The fourth-order valence-corrected chi connectivity index (χ4v) is 2.26. The molecule has 0 fully saturated rings. The number of carbonyl (C=O) groups is 1. The van der Waals surface area contributed by atoms with Gasteiger partial charge in [0, 0.05) is 12.8 Å². The highest BCUT2D eigenvalue weighted by molar-refractivity contribution is 5.66. The first kappa shape index (κ1) is 21.7. The molecule has 1 rings (SSSR count). The van der Waals surface area contributed by atoms with E-state index in [1.165, 1.54) is 19.3 Å². The van der Waals surface area contributed by atoms with E-state index < -0.39 is 12.1 Å². The highest BCUT2D eigenvalue weighted by atomic mass is 16.4. The minimum atomic E-state index is -0.775. The second-order valence-corrected chi connectivity index (χ2v) is 6.12. The fraction of sp³-hybridized carbons (Fsp3) is 0.455. The molecule has 0 aliphatic rings. The zero-order chi connectivity index (χ0) is 19.0. The third-order valence-electron chi connectivity index (χ3n) is 3.69. The molecule has 0 spiro atoms. The average molecular weight is 355 g/mol. The minimum Gasteiger partial charge on any atom is -0.481 e. The van der Waals surface area contributed by atoms with E-state index in [1.54, 1.807) is 0 Å². The molecule has 0 aliphatic heterocycles.